The van der Waals surface area contributed by atoms with Crippen molar-refractivity contribution in [3.63, 3.8) is 0 Å². The Morgan fingerprint density at radius 2 is 1.77 bits per heavy atom. The first-order valence-electron chi connectivity index (χ1n) is 7.88. The molecule has 0 heterocycles. The van der Waals surface area contributed by atoms with Crippen LogP contribution in [0.1, 0.15) is 11.1 Å². The summed E-state index contributed by atoms with van der Waals surface area (Å²) in [5.74, 6) is 0.0964. The van der Waals surface area contributed by atoms with Gasteiger partial charge in [0.2, 0.25) is 0 Å². The fourth-order valence-electron chi connectivity index (χ4n) is 2.34. The third-order valence-electron chi connectivity index (χ3n) is 3.48. The number of halogens is 1. The molecule has 0 aliphatic carbocycles. The highest BCUT2D eigenvalue weighted by atomic mass is 35.5. The summed E-state index contributed by atoms with van der Waals surface area (Å²) in [5, 5.41) is 3.22. The highest BCUT2D eigenvalue weighted by molar-refractivity contribution is 6.30. The van der Waals surface area contributed by atoms with Gasteiger partial charge < -0.3 is 19.5 Å². The Kier molecular flexibility index (Phi) is 6.86. The van der Waals surface area contributed by atoms with Gasteiger partial charge in [-0.25, -0.2) is 4.79 Å². The SMILES string of the molecule is COc1cccc(NC(=O)COC(=O)COc2c(C)cc(Cl)cc2C)c1. The van der Waals surface area contributed by atoms with Crippen LogP contribution >= 0.6 is 11.6 Å². The minimum Gasteiger partial charge on any atom is -0.497 e. The highest BCUT2D eigenvalue weighted by Gasteiger charge is 2.12. The smallest absolute Gasteiger partial charge is 0.344 e. The van der Waals surface area contributed by atoms with Gasteiger partial charge in [0.15, 0.2) is 13.2 Å². The molecule has 0 radical (unpaired) electrons. The van der Waals surface area contributed by atoms with Crippen molar-refractivity contribution >= 4 is 29.2 Å². The molecule has 2 aromatic carbocycles. The lowest BCUT2D eigenvalue weighted by atomic mass is 10.1. The van der Waals surface area contributed by atoms with Gasteiger partial charge in [0, 0.05) is 16.8 Å². The Balaban J connectivity index is 1.80. The number of benzene rings is 2. The average molecular weight is 378 g/mol. The van der Waals surface area contributed by atoms with Crippen LogP contribution in [0.3, 0.4) is 0 Å². The van der Waals surface area contributed by atoms with Gasteiger partial charge in [0.1, 0.15) is 11.5 Å². The largest absolute Gasteiger partial charge is 0.497 e. The number of amides is 1. The van der Waals surface area contributed by atoms with Gasteiger partial charge in [-0.3, -0.25) is 4.79 Å². The Bertz CT molecular complexity index is 783. The number of methoxy groups -OCH3 is 1. The number of hydrogen-bond donors (Lipinski definition) is 1. The summed E-state index contributed by atoms with van der Waals surface area (Å²) >= 11 is 5.96. The maximum atomic E-state index is 11.9. The van der Waals surface area contributed by atoms with E-state index in [1.807, 2.05) is 13.8 Å². The zero-order valence-corrected chi connectivity index (χ0v) is 15.6. The van der Waals surface area contributed by atoms with Crippen LogP contribution < -0.4 is 14.8 Å². The van der Waals surface area contributed by atoms with E-state index in [0.29, 0.717) is 22.2 Å². The molecular formula is C19H20ClNO5. The monoisotopic (exact) mass is 377 g/mol. The maximum Gasteiger partial charge on any atom is 0.344 e. The van der Waals surface area contributed by atoms with Gasteiger partial charge in [-0.05, 0) is 49.2 Å². The summed E-state index contributed by atoms with van der Waals surface area (Å²) in [4.78, 5) is 23.6. The van der Waals surface area contributed by atoms with Crippen molar-refractivity contribution in [2.75, 3.05) is 25.6 Å². The van der Waals surface area contributed by atoms with E-state index in [9.17, 15) is 9.59 Å². The second-order valence-corrected chi connectivity index (χ2v) is 6.03. The number of hydrogen-bond acceptors (Lipinski definition) is 5. The summed E-state index contributed by atoms with van der Waals surface area (Å²) in [7, 11) is 1.53. The van der Waals surface area contributed by atoms with Crippen molar-refractivity contribution in [3.8, 4) is 11.5 Å². The van der Waals surface area contributed by atoms with Crippen LogP contribution in [0.4, 0.5) is 5.69 Å². The van der Waals surface area contributed by atoms with Crippen LogP contribution in [0, 0.1) is 13.8 Å². The van der Waals surface area contributed by atoms with Gasteiger partial charge in [0.05, 0.1) is 7.11 Å². The van der Waals surface area contributed by atoms with Crippen LogP contribution in [0.15, 0.2) is 36.4 Å². The van der Waals surface area contributed by atoms with Gasteiger partial charge >= 0.3 is 5.97 Å². The van der Waals surface area contributed by atoms with E-state index in [4.69, 9.17) is 25.8 Å². The molecule has 2 rings (SSSR count). The molecule has 6 nitrogen and oxygen atoms in total. The summed E-state index contributed by atoms with van der Waals surface area (Å²) in [6.07, 6.45) is 0. The number of aryl methyl sites for hydroxylation is 2. The molecule has 2 aromatic rings. The van der Waals surface area contributed by atoms with Crippen molar-refractivity contribution in [2.24, 2.45) is 0 Å². The predicted molar refractivity (Wildman–Crippen MR) is 99.0 cm³/mol. The molecule has 0 unspecified atom stereocenters. The lowest BCUT2D eigenvalue weighted by Gasteiger charge is -2.12. The first-order valence-corrected chi connectivity index (χ1v) is 8.26. The third kappa shape index (κ3) is 5.67. The first-order chi connectivity index (χ1) is 12.4. The van der Waals surface area contributed by atoms with Crippen LogP contribution in [-0.2, 0) is 14.3 Å². The summed E-state index contributed by atoms with van der Waals surface area (Å²) < 4.78 is 15.5. The number of anilines is 1. The molecule has 0 spiro atoms. The molecule has 26 heavy (non-hydrogen) atoms. The topological polar surface area (TPSA) is 73.9 Å². The molecule has 0 saturated carbocycles. The lowest BCUT2D eigenvalue weighted by molar-refractivity contribution is -0.149. The molecular weight excluding hydrogens is 358 g/mol. The van der Waals surface area contributed by atoms with Crippen LogP contribution in [0.5, 0.6) is 11.5 Å². The number of esters is 1. The molecule has 7 heteroatoms. The Morgan fingerprint density at radius 3 is 2.42 bits per heavy atom. The van der Waals surface area contributed by atoms with E-state index in [-0.39, 0.29) is 6.61 Å². The standard InChI is InChI=1S/C19H20ClNO5/c1-12-7-14(20)8-13(2)19(12)26-11-18(23)25-10-17(22)21-15-5-4-6-16(9-15)24-3/h4-9H,10-11H2,1-3H3,(H,21,22). The van der Waals surface area contributed by atoms with E-state index >= 15 is 0 Å². The third-order valence-corrected chi connectivity index (χ3v) is 3.70. The van der Waals surface area contributed by atoms with Crippen molar-refractivity contribution in [3.05, 3.63) is 52.5 Å². The number of ether oxygens (including phenoxy) is 3. The number of rotatable bonds is 7. The summed E-state index contributed by atoms with van der Waals surface area (Å²) in [5.41, 5.74) is 2.19. The van der Waals surface area contributed by atoms with E-state index in [0.717, 1.165) is 11.1 Å². The Morgan fingerprint density at radius 1 is 1.08 bits per heavy atom. The Hall–Kier alpha value is -2.73. The highest BCUT2D eigenvalue weighted by Crippen LogP contribution is 2.27. The normalized spacial score (nSPS) is 10.2. The second-order valence-electron chi connectivity index (χ2n) is 5.60. The van der Waals surface area contributed by atoms with E-state index < -0.39 is 18.5 Å². The molecule has 0 saturated heterocycles. The fraction of sp³-hybridized carbons (Fsp3) is 0.263. The minimum atomic E-state index is -0.639. The van der Waals surface area contributed by atoms with Crippen molar-refractivity contribution in [1.29, 1.82) is 0 Å². The van der Waals surface area contributed by atoms with E-state index in [1.54, 1.807) is 36.4 Å². The number of carbonyl (C=O) groups is 2. The second kappa shape index (κ2) is 9.10. The fourth-order valence-corrected chi connectivity index (χ4v) is 2.67. The van der Waals surface area contributed by atoms with E-state index in [2.05, 4.69) is 5.32 Å². The van der Waals surface area contributed by atoms with Crippen LogP contribution in [-0.4, -0.2) is 32.2 Å². The van der Waals surface area contributed by atoms with Crippen molar-refractivity contribution in [2.45, 2.75) is 13.8 Å². The molecule has 0 aliphatic heterocycles. The van der Waals surface area contributed by atoms with Crippen LogP contribution in [0.2, 0.25) is 5.02 Å². The predicted octanol–water partition coefficient (Wildman–Crippen LogP) is 3.53. The molecule has 1 amide bonds. The zero-order valence-electron chi connectivity index (χ0n) is 14.8. The summed E-state index contributed by atoms with van der Waals surface area (Å²) in [6.45, 7) is 2.97. The van der Waals surface area contributed by atoms with Crippen LogP contribution in [0.25, 0.3) is 0 Å². The molecule has 0 aromatic heterocycles. The van der Waals surface area contributed by atoms with Crippen molar-refractivity contribution in [1.82, 2.24) is 0 Å². The van der Waals surface area contributed by atoms with Gasteiger partial charge in [-0.15, -0.1) is 0 Å². The molecule has 0 bridgehead atoms. The molecule has 138 valence electrons. The van der Waals surface area contributed by atoms with Crippen molar-refractivity contribution < 1.29 is 23.8 Å². The maximum absolute atomic E-state index is 11.9. The zero-order chi connectivity index (χ0) is 19.1. The Labute approximate surface area is 157 Å². The quantitative estimate of drug-likeness (QED) is 0.747. The first kappa shape index (κ1) is 19.6. The van der Waals surface area contributed by atoms with Gasteiger partial charge in [-0.2, -0.15) is 0 Å². The molecule has 0 atom stereocenters. The molecule has 0 fully saturated rings. The lowest BCUT2D eigenvalue weighted by Crippen LogP contribution is -2.23. The molecule has 0 aliphatic rings. The summed E-state index contributed by atoms with van der Waals surface area (Å²) in [6, 6.07) is 10.4. The minimum absolute atomic E-state index is 0.296. The van der Waals surface area contributed by atoms with E-state index in [1.165, 1.54) is 7.11 Å². The molecule has 1 N–H and O–H groups in total. The van der Waals surface area contributed by atoms with Gasteiger partial charge in [-0.1, -0.05) is 17.7 Å². The van der Waals surface area contributed by atoms with Gasteiger partial charge in [0.25, 0.3) is 5.91 Å². The number of carbonyl (C=O) groups excluding carboxylic acids is 2. The number of nitrogens with one attached hydrogen (secondary N) is 1. The average Bonchev–Trinajstić information content (AvgIpc) is 2.59.